The largest absolute Gasteiger partial charge is 0.370 e. The number of benzene rings is 2. The van der Waals surface area contributed by atoms with Crippen LogP contribution < -0.4 is 4.90 Å². The Morgan fingerprint density at radius 3 is 2.45 bits per heavy atom. The van der Waals surface area contributed by atoms with Gasteiger partial charge in [0.25, 0.3) is 0 Å². The van der Waals surface area contributed by atoms with E-state index in [1.165, 1.54) is 11.1 Å². The molecule has 20 heavy (non-hydrogen) atoms. The first kappa shape index (κ1) is 14.3. The summed E-state index contributed by atoms with van der Waals surface area (Å²) in [5.41, 5.74) is 4.41. The normalized spacial score (nSPS) is 10.3. The molecule has 0 spiro atoms. The van der Waals surface area contributed by atoms with E-state index >= 15 is 0 Å². The molecule has 2 heteroatoms. The minimum atomic E-state index is 0.190. The van der Waals surface area contributed by atoms with Crippen LogP contribution in [0.5, 0.6) is 0 Å². The minimum Gasteiger partial charge on any atom is -0.370 e. The van der Waals surface area contributed by atoms with Gasteiger partial charge < -0.3 is 4.90 Å². The predicted octanol–water partition coefficient (Wildman–Crippen LogP) is 4.22. The predicted molar refractivity (Wildman–Crippen MR) is 84.3 cm³/mol. The topological polar surface area (TPSA) is 20.3 Å². The first-order valence-corrected chi connectivity index (χ1v) is 7.00. The van der Waals surface area contributed by atoms with Crippen LogP contribution in [0.3, 0.4) is 0 Å². The third kappa shape index (κ3) is 3.47. The first-order valence-electron chi connectivity index (χ1n) is 7.00. The summed E-state index contributed by atoms with van der Waals surface area (Å²) in [6, 6.07) is 16.4. The average molecular weight is 267 g/mol. The van der Waals surface area contributed by atoms with Crippen molar-refractivity contribution in [1.82, 2.24) is 0 Å². The number of nitrogens with zero attached hydrogens (tertiary/aromatic N) is 1. The highest BCUT2D eigenvalue weighted by molar-refractivity contribution is 5.96. The molecule has 0 saturated carbocycles. The van der Waals surface area contributed by atoms with E-state index in [2.05, 4.69) is 43.1 Å². The van der Waals surface area contributed by atoms with Crippen molar-refractivity contribution in [3.05, 3.63) is 65.2 Å². The molecule has 0 saturated heterocycles. The molecule has 0 heterocycles. The Labute approximate surface area is 121 Å². The quantitative estimate of drug-likeness (QED) is 0.756. The van der Waals surface area contributed by atoms with Crippen LogP contribution in [0.1, 0.15) is 34.8 Å². The van der Waals surface area contributed by atoms with E-state index in [-0.39, 0.29) is 5.78 Å². The highest BCUT2D eigenvalue weighted by Gasteiger charge is 2.07. The SMILES string of the molecule is CCC(=O)c1cccc(N(C)Cc2ccc(C)cc2)c1. The molecule has 0 atom stereocenters. The maximum atomic E-state index is 11.8. The summed E-state index contributed by atoms with van der Waals surface area (Å²) in [5, 5.41) is 0. The van der Waals surface area contributed by atoms with Crippen LogP contribution in [0.15, 0.2) is 48.5 Å². The average Bonchev–Trinajstić information content (AvgIpc) is 2.49. The number of carbonyl (C=O) groups excluding carboxylic acids is 1. The van der Waals surface area contributed by atoms with Gasteiger partial charge in [0, 0.05) is 31.3 Å². The van der Waals surface area contributed by atoms with Gasteiger partial charge in [-0.25, -0.2) is 0 Å². The molecular weight excluding hydrogens is 246 g/mol. The number of hydrogen-bond donors (Lipinski definition) is 0. The molecule has 0 aromatic heterocycles. The van der Waals surface area contributed by atoms with Crippen molar-refractivity contribution < 1.29 is 4.79 Å². The number of rotatable bonds is 5. The Morgan fingerprint density at radius 1 is 1.10 bits per heavy atom. The summed E-state index contributed by atoms with van der Waals surface area (Å²) in [6.07, 6.45) is 0.547. The number of anilines is 1. The molecule has 2 aromatic carbocycles. The van der Waals surface area contributed by atoms with E-state index < -0.39 is 0 Å². The zero-order chi connectivity index (χ0) is 14.5. The van der Waals surface area contributed by atoms with Gasteiger partial charge in [0.1, 0.15) is 0 Å². The Bertz CT molecular complexity index is 587. The summed E-state index contributed by atoms with van der Waals surface area (Å²) >= 11 is 0. The Kier molecular flexibility index (Phi) is 4.57. The number of hydrogen-bond acceptors (Lipinski definition) is 2. The second-order valence-corrected chi connectivity index (χ2v) is 5.17. The number of aryl methyl sites for hydroxylation is 1. The standard InChI is InChI=1S/C18H21NO/c1-4-18(20)16-6-5-7-17(12-16)19(3)13-15-10-8-14(2)9-11-15/h5-12H,4,13H2,1-3H3. The molecule has 0 aliphatic carbocycles. The van der Waals surface area contributed by atoms with E-state index in [4.69, 9.17) is 0 Å². The lowest BCUT2D eigenvalue weighted by molar-refractivity contribution is 0.0988. The maximum absolute atomic E-state index is 11.8. The van der Waals surface area contributed by atoms with Gasteiger partial charge in [0.2, 0.25) is 0 Å². The smallest absolute Gasteiger partial charge is 0.162 e. The summed E-state index contributed by atoms with van der Waals surface area (Å²) in [5.74, 6) is 0.190. The third-order valence-electron chi connectivity index (χ3n) is 3.47. The molecule has 0 bridgehead atoms. The zero-order valence-electron chi connectivity index (χ0n) is 12.4. The number of Topliss-reactive ketones (excluding diaryl/α,β-unsaturated/α-hetero) is 1. The van der Waals surface area contributed by atoms with Crippen LogP contribution in [0, 0.1) is 6.92 Å². The van der Waals surface area contributed by atoms with E-state index in [0.29, 0.717) is 6.42 Å². The monoisotopic (exact) mass is 267 g/mol. The fourth-order valence-corrected chi connectivity index (χ4v) is 2.18. The summed E-state index contributed by atoms with van der Waals surface area (Å²) in [6.45, 7) is 4.82. The minimum absolute atomic E-state index is 0.190. The van der Waals surface area contributed by atoms with E-state index in [0.717, 1.165) is 17.8 Å². The van der Waals surface area contributed by atoms with Crippen LogP contribution in [0.2, 0.25) is 0 Å². The van der Waals surface area contributed by atoms with Crippen molar-refractivity contribution in [2.75, 3.05) is 11.9 Å². The number of carbonyl (C=O) groups is 1. The van der Waals surface area contributed by atoms with Gasteiger partial charge >= 0.3 is 0 Å². The van der Waals surface area contributed by atoms with Crippen LogP contribution in [-0.2, 0) is 6.54 Å². The van der Waals surface area contributed by atoms with Crippen LogP contribution >= 0.6 is 0 Å². The summed E-state index contributed by atoms with van der Waals surface area (Å²) < 4.78 is 0. The molecule has 0 N–H and O–H groups in total. The molecule has 0 unspecified atom stereocenters. The number of ketones is 1. The van der Waals surface area contributed by atoms with E-state index in [1.807, 2.05) is 31.2 Å². The molecule has 104 valence electrons. The van der Waals surface area contributed by atoms with Gasteiger partial charge in [-0.15, -0.1) is 0 Å². The van der Waals surface area contributed by atoms with E-state index in [1.54, 1.807) is 0 Å². The second kappa shape index (κ2) is 6.38. The van der Waals surface area contributed by atoms with Gasteiger partial charge in [-0.3, -0.25) is 4.79 Å². The summed E-state index contributed by atoms with van der Waals surface area (Å²) in [7, 11) is 2.05. The van der Waals surface area contributed by atoms with Crippen LogP contribution in [0.25, 0.3) is 0 Å². The fourth-order valence-electron chi connectivity index (χ4n) is 2.18. The highest BCUT2D eigenvalue weighted by Crippen LogP contribution is 2.18. The molecular formula is C18H21NO. The molecule has 2 rings (SSSR count). The maximum Gasteiger partial charge on any atom is 0.162 e. The van der Waals surface area contributed by atoms with Gasteiger partial charge in [-0.05, 0) is 24.6 Å². The molecule has 0 fully saturated rings. The Hall–Kier alpha value is -2.09. The lowest BCUT2D eigenvalue weighted by Crippen LogP contribution is -2.16. The highest BCUT2D eigenvalue weighted by atomic mass is 16.1. The molecule has 0 radical (unpaired) electrons. The lowest BCUT2D eigenvalue weighted by atomic mass is 10.1. The Morgan fingerprint density at radius 2 is 1.80 bits per heavy atom. The Balaban J connectivity index is 2.14. The molecule has 0 amide bonds. The van der Waals surface area contributed by atoms with Crippen molar-refractivity contribution in [1.29, 1.82) is 0 Å². The fraction of sp³-hybridized carbons (Fsp3) is 0.278. The molecule has 0 aliphatic rings. The van der Waals surface area contributed by atoms with Crippen molar-refractivity contribution in [3.63, 3.8) is 0 Å². The zero-order valence-corrected chi connectivity index (χ0v) is 12.4. The van der Waals surface area contributed by atoms with Gasteiger partial charge in [0.05, 0.1) is 0 Å². The van der Waals surface area contributed by atoms with Crippen molar-refractivity contribution >= 4 is 11.5 Å². The van der Waals surface area contributed by atoms with Crippen LogP contribution in [0.4, 0.5) is 5.69 Å². The molecule has 2 nitrogen and oxygen atoms in total. The van der Waals surface area contributed by atoms with Gasteiger partial charge in [0.15, 0.2) is 5.78 Å². The lowest BCUT2D eigenvalue weighted by Gasteiger charge is -2.20. The molecule has 0 aliphatic heterocycles. The molecule has 2 aromatic rings. The van der Waals surface area contributed by atoms with E-state index in [9.17, 15) is 4.79 Å². The first-order chi connectivity index (χ1) is 9.60. The van der Waals surface area contributed by atoms with Crippen molar-refractivity contribution in [2.45, 2.75) is 26.8 Å². The van der Waals surface area contributed by atoms with Gasteiger partial charge in [-0.2, -0.15) is 0 Å². The van der Waals surface area contributed by atoms with Crippen LogP contribution in [-0.4, -0.2) is 12.8 Å². The van der Waals surface area contributed by atoms with Crippen molar-refractivity contribution in [3.8, 4) is 0 Å². The van der Waals surface area contributed by atoms with Gasteiger partial charge in [-0.1, -0.05) is 48.9 Å². The second-order valence-electron chi connectivity index (χ2n) is 5.17. The summed E-state index contributed by atoms with van der Waals surface area (Å²) in [4.78, 5) is 13.9. The van der Waals surface area contributed by atoms with Crippen molar-refractivity contribution in [2.24, 2.45) is 0 Å². The third-order valence-corrected chi connectivity index (χ3v) is 3.47.